The van der Waals surface area contributed by atoms with E-state index in [2.05, 4.69) is 26.6 Å². The topological polar surface area (TPSA) is 41.1 Å². The maximum absolute atomic E-state index is 11.9. The third kappa shape index (κ3) is 4.48. The second-order valence-electron chi connectivity index (χ2n) is 4.62. The van der Waals surface area contributed by atoms with Crippen LogP contribution in [0.5, 0.6) is 0 Å². The average Bonchev–Trinajstić information content (AvgIpc) is 2.46. The summed E-state index contributed by atoms with van der Waals surface area (Å²) in [5.41, 5.74) is 2.61. The maximum atomic E-state index is 11.9. The third-order valence-corrected chi connectivity index (χ3v) is 4.18. The molecule has 1 amide bonds. The molecule has 0 heterocycles. The summed E-state index contributed by atoms with van der Waals surface area (Å²) >= 11 is 9.49. The largest absolute Gasteiger partial charge is 0.384 e. The molecular weight excluding hydrogens is 352 g/mol. The SMILES string of the molecule is Cc1c(Cl)cccc1NC(=O)CCNc1ccccc1Br. The predicted molar refractivity (Wildman–Crippen MR) is 92.1 cm³/mol. The van der Waals surface area contributed by atoms with Gasteiger partial charge in [0.15, 0.2) is 0 Å². The van der Waals surface area contributed by atoms with E-state index in [4.69, 9.17) is 11.6 Å². The van der Waals surface area contributed by atoms with Gasteiger partial charge in [0.25, 0.3) is 0 Å². The minimum Gasteiger partial charge on any atom is -0.384 e. The van der Waals surface area contributed by atoms with Crippen molar-refractivity contribution in [1.29, 1.82) is 0 Å². The van der Waals surface area contributed by atoms with E-state index in [1.807, 2.05) is 43.3 Å². The van der Waals surface area contributed by atoms with Crippen molar-refractivity contribution in [3.8, 4) is 0 Å². The van der Waals surface area contributed by atoms with Crippen molar-refractivity contribution in [2.24, 2.45) is 0 Å². The normalized spacial score (nSPS) is 10.2. The number of carbonyl (C=O) groups excluding carboxylic acids is 1. The second-order valence-corrected chi connectivity index (χ2v) is 5.88. The van der Waals surface area contributed by atoms with E-state index >= 15 is 0 Å². The Hall–Kier alpha value is -1.52. The Labute approximate surface area is 137 Å². The van der Waals surface area contributed by atoms with Gasteiger partial charge in [0.1, 0.15) is 0 Å². The van der Waals surface area contributed by atoms with Crippen LogP contribution < -0.4 is 10.6 Å². The molecule has 2 rings (SSSR count). The molecule has 5 heteroatoms. The van der Waals surface area contributed by atoms with Gasteiger partial charge >= 0.3 is 0 Å². The van der Waals surface area contributed by atoms with Crippen molar-refractivity contribution >= 4 is 44.8 Å². The summed E-state index contributed by atoms with van der Waals surface area (Å²) in [4.78, 5) is 11.9. The van der Waals surface area contributed by atoms with Crippen LogP contribution in [0, 0.1) is 6.92 Å². The van der Waals surface area contributed by atoms with Gasteiger partial charge < -0.3 is 10.6 Å². The standard InChI is InChI=1S/C16H16BrClN2O/c1-11-13(18)6-4-8-14(11)20-16(21)9-10-19-15-7-3-2-5-12(15)17/h2-8,19H,9-10H2,1H3,(H,20,21). The second kappa shape index (κ2) is 7.48. The van der Waals surface area contributed by atoms with Crippen LogP contribution in [0.2, 0.25) is 5.02 Å². The van der Waals surface area contributed by atoms with Crippen LogP contribution in [0.3, 0.4) is 0 Å². The zero-order valence-electron chi connectivity index (χ0n) is 11.6. The van der Waals surface area contributed by atoms with Gasteiger partial charge in [0, 0.05) is 33.8 Å². The molecule has 0 aromatic heterocycles. The van der Waals surface area contributed by atoms with Crippen molar-refractivity contribution < 1.29 is 4.79 Å². The number of hydrogen-bond acceptors (Lipinski definition) is 2. The highest BCUT2D eigenvalue weighted by atomic mass is 79.9. The number of anilines is 2. The van der Waals surface area contributed by atoms with Gasteiger partial charge in [0.05, 0.1) is 0 Å². The number of hydrogen-bond donors (Lipinski definition) is 2. The smallest absolute Gasteiger partial charge is 0.226 e. The van der Waals surface area contributed by atoms with Crippen LogP contribution in [-0.4, -0.2) is 12.5 Å². The van der Waals surface area contributed by atoms with Crippen LogP contribution in [0.15, 0.2) is 46.9 Å². The lowest BCUT2D eigenvalue weighted by molar-refractivity contribution is -0.115. The first-order valence-electron chi connectivity index (χ1n) is 6.61. The number of para-hydroxylation sites is 1. The number of amides is 1. The quantitative estimate of drug-likeness (QED) is 0.793. The Morgan fingerprint density at radius 2 is 1.86 bits per heavy atom. The number of benzene rings is 2. The van der Waals surface area contributed by atoms with Crippen LogP contribution in [0.1, 0.15) is 12.0 Å². The summed E-state index contributed by atoms with van der Waals surface area (Å²) in [5.74, 6) is -0.0417. The van der Waals surface area contributed by atoms with Crippen LogP contribution in [0.25, 0.3) is 0 Å². The summed E-state index contributed by atoms with van der Waals surface area (Å²) in [6.45, 7) is 2.45. The van der Waals surface area contributed by atoms with E-state index in [0.717, 1.165) is 21.4 Å². The summed E-state index contributed by atoms with van der Waals surface area (Å²) < 4.78 is 0.982. The zero-order chi connectivity index (χ0) is 15.2. The molecule has 0 saturated carbocycles. The lowest BCUT2D eigenvalue weighted by atomic mass is 10.2. The van der Waals surface area contributed by atoms with Crippen molar-refractivity contribution in [2.45, 2.75) is 13.3 Å². The fourth-order valence-corrected chi connectivity index (χ4v) is 2.47. The van der Waals surface area contributed by atoms with Crippen molar-refractivity contribution in [1.82, 2.24) is 0 Å². The maximum Gasteiger partial charge on any atom is 0.226 e. The fraction of sp³-hybridized carbons (Fsp3) is 0.188. The first-order chi connectivity index (χ1) is 10.1. The van der Waals surface area contributed by atoms with Gasteiger partial charge in [-0.3, -0.25) is 4.79 Å². The average molecular weight is 368 g/mol. The number of rotatable bonds is 5. The Balaban J connectivity index is 1.85. The molecule has 3 nitrogen and oxygen atoms in total. The number of nitrogens with one attached hydrogen (secondary N) is 2. The van der Waals surface area contributed by atoms with E-state index in [1.54, 1.807) is 6.07 Å². The Morgan fingerprint density at radius 1 is 1.14 bits per heavy atom. The molecule has 0 fully saturated rings. The van der Waals surface area contributed by atoms with Crippen LogP contribution >= 0.6 is 27.5 Å². The Bertz CT molecular complexity index is 646. The molecule has 2 aromatic rings. The molecule has 0 aliphatic carbocycles. The highest BCUT2D eigenvalue weighted by Crippen LogP contribution is 2.23. The van der Waals surface area contributed by atoms with E-state index in [1.165, 1.54) is 0 Å². The van der Waals surface area contributed by atoms with E-state index < -0.39 is 0 Å². The molecule has 110 valence electrons. The summed E-state index contributed by atoms with van der Waals surface area (Å²) in [5, 5.41) is 6.75. The highest BCUT2D eigenvalue weighted by Gasteiger charge is 2.07. The van der Waals surface area contributed by atoms with Gasteiger partial charge in [-0.05, 0) is 52.7 Å². The summed E-state index contributed by atoms with van der Waals surface area (Å²) in [7, 11) is 0. The molecule has 0 radical (unpaired) electrons. The van der Waals surface area contributed by atoms with Gasteiger partial charge in [-0.2, -0.15) is 0 Å². The first-order valence-corrected chi connectivity index (χ1v) is 7.78. The van der Waals surface area contributed by atoms with Gasteiger partial charge in [-0.25, -0.2) is 0 Å². The van der Waals surface area contributed by atoms with Crippen molar-refractivity contribution in [2.75, 3.05) is 17.2 Å². The molecule has 0 aliphatic heterocycles. The third-order valence-electron chi connectivity index (χ3n) is 3.08. The van der Waals surface area contributed by atoms with Crippen LogP contribution in [0.4, 0.5) is 11.4 Å². The molecule has 2 aromatic carbocycles. The molecule has 0 bridgehead atoms. The van der Waals surface area contributed by atoms with Crippen molar-refractivity contribution in [3.63, 3.8) is 0 Å². The molecule has 0 spiro atoms. The zero-order valence-corrected chi connectivity index (χ0v) is 14.0. The molecule has 21 heavy (non-hydrogen) atoms. The highest BCUT2D eigenvalue weighted by molar-refractivity contribution is 9.10. The van der Waals surface area contributed by atoms with Gasteiger partial charge in [0.2, 0.25) is 5.91 Å². The number of carbonyl (C=O) groups is 1. The first kappa shape index (κ1) is 15.9. The summed E-state index contributed by atoms with van der Waals surface area (Å²) in [6, 6.07) is 13.3. The Kier molecular flexibility index (Phi) is 5.65. The molecule has 0 atom stereocenters. The predicted octanol–water partition coefficient (Wildman–Crippen LogP) is 4.85. The summed E-state index contributed by atoms with van der Waals surface area (Å²) in [6.07, 6.45) is 0.382. The molecular formula is C16H16BrClN2O. The van der Waals surface area contributed by atoms with Gasteiger partial charge in [-0.1, -0.05) is 29.8 Å². The van der Waals surface area contributed by atoms with Crippen molar-refractivity contribution in [3.05, 3.63) is 57.5 Å². The van der Waals surface area contributed by atoms with E-state index in [0.29, 0.717) is 18.0 Å². The Morgan fingerprint density at radius 3 is 2.62 bits per heavy atom. The molecule has 2 N–H and O–H groups in total. The van der Waals surface area contributed by atoms with E-state index in [-0.39, 0.29) is 5.91 Å². The lowest BCUT2D eigenvalue weighted by Crippen LogP contribution is -2.17. The van der Waals surface area contributed by atoms with Gasteiger partial charge in [-0.15, -0.1) is 0 Å². The minimum atomic E-state index is -0.0417. The molecule has 0 saturated heterocycles. The monoisotopic (exact) mass is 366 g/mol. The lowest BCUT2D eigenvalue weighted by Gasteiger charge is -2.11. The number of halogens is 2. The van der Waals surface area contributed by atoms with Crippen LogP contribution in [-0.2, 0) is 4.79 Å². The minimum absolute atomic E-state index is 0.0417. The molecule has 0 aliphatic rings. The van der Waals surface area contributed by atoms with E-state index in [9.17, 15) is 4.79 Å². The fourth-order valence-electron chi connectivity index (χ4n) is 1.87. The molecule has 0 unspecified atom stereocenters.